The van der Waals surface area contributed by atoms with Crippen LogP contribution in [0.15, 0.2) is 18.2 Å². The molecule has 27 heavy (non-hydrogen) atoms. The van der Waals surface area contributed by atoms with Crippen molar-refractivity contribution < 1.29 is 19.0 Å². The van der Waals surface area contributed by atoms with Crippen LogP contribution in [0.3, 0.4) is 0 Å². The molecule has 2 fully saturated rings. The van der Waals surface area contributed by atoms with E-state index in [1.165, 1.54) is 13.2 Å². The van der Waals surface area contributed by atoms with Crippen molar-refractivity contribution in [2.45, 2.75) is 38.3 Å². The summed E-state index contributed by atoms with van der Waals surface area (Å²) in [5.74, 6) is 0.137. The number of rotatable bonds is 5. The highest BCUT2D eigenvalue weighted by atomic mass is 19.1. The summed E-state index contributed by atoms with van der Waals surface area (Å²) < 4.78 is 18.8. The summed E-state index contributed by atoms with van der Waals surface area (Å²) in [6.07, 6.45) is 3.73. The predicted molar refractivity (Wildman–Crippen MR) is 101 cm³/mol. The van der Waals surface area contributed by atoms with Crippen LogP contribution in [0.5, 0.6) is 5.75 Å². The second-order valence-corrected chi connectivity index (χ2v) is 7.61. The lowest BCUT2D eigenvalue weighted by molar-refractivity contribution is 0.123. The summed E-state index contributed by atoms with van der Waals surface area (Å²) in [5, 5.41) is 12.5. The van der Waals surface area contributed by atoms with Gasteiger partial charge in [-0.15, -0.1) is 0 Å². The van der Waals surface area contributed by atoms with E-state index >= 15 is 0 Å². The number of benzene rings is 1. The molecule has 3 rings (SSSR count). The molecule has 2 N–H and O–H groups in total. The molecule has 0 radical (unpaired) electrons. The lowest BCUT2D eigenvalue weighted by atomic mass is 9.99. The number of halogens is 1. The van der Waals surface area contributed by atoms with Crippen LogP contribution in [0.4, 0.5) is 9.18 Å². The normalized spacial score (nSPS) is 21.9. The molecule has 0 bridgehead atoms. The van der Waals surface area contributed by atoms with Gasteiger partial charge < -0.3 is 20.1 Å². The van der Waals surface area contributed by atoms with Gasteiger partial charge in [-0.2, -0.15) is 0 Å². The van der Waals surface area contributed by atoms with Gasteiger partial charge in [-0.25, -0.2) is 9.18 Å². The minimum absolute atomic E-state index is 0.0103. The zero-order valence-electron chi connectivity index (χ0n) is 16.0. The van der Waals surface area contributed by atoms with E-state index in [2.05, 4.69) is 10.2 Å². The van der Waals surface area contributed by atoms with Crippen molar-refractivity contribution in [2.24, 2.45) is 5.92 Å². The standard InChI is InChI=1S/C20H30FN3O3/c1-27-19-5-4-15(11-18(19)21)12-23-9-6-17(7-10-23)22-20(26)24-8-2-3-16(13-24)14-25/h4-5,11,16-17,25H,2-3,6-10,12-14H2,1H3,(H,22,26). The Labute approximate surface area is 160 Å². The van der Waals surface area contributed by atoms with Gasteiger partial charge in [0.25, 0.3) is 0 Å². The van der Waals surface area contributed by atoms with Gasteiger partial charge in [0.1, 0.15) is 0 Å². The number of methoxy groups -OCH3 is 1. The fourth-order valence-corrected chi connectivity index (χ4v) is 3.97. The molecule has 6 nitrogen and oxygen atoms in total. The Morgan fingerprint density at radius 2 is 2.07 bits per heavy atom. The Morgan fingerprint density at radius 1 is 1.30 bits per heavy atom. The highest BCUT2D eigenvalue weighted by Crippen LogP contribution is 2.21. The number of aliphatic hydroxyl groups excluding tert-OH is 1. The maximum absolute atomic E-state index is 13.8. The number of carbonyl (C=O) groups excluding carboxylic acids is 1. The van der Waals surface area contributed by atoms with Gasteiger partial charge in [0.2, 0.25) is 0 Å². The summed E-state index contributed by atoms with van der Waals surface area (Å²) in [7, 11) is 1.46. The third-order valence-corrected chi connectivity index (χ3v) is 5.60. The van der Waals surface area contributed by atoms with Gasteiger partial charge in [-0.1, -0.05) is 6.07 Å². The molecule has 7 heteroatoms. The van der Waals surface area contributed by atoms with E-state index in [9.17, 15) is 14.3 Å². The molecule has 2 amide bonds. The molecule has 2 heterocycles. The number of ether oxygens (including phenoxy) is 1. The second-order valence-electron chi connectivity index (χ2n) is 7.61. The molecule has 0 aromatic heterocycles. The molecular weight excluding hydrogens is 349 g/mol. The fraction of sp³-hybridized carbons (Fsp3) is 0.650. The van der Waals surface area contributed by atoms with E-state index in [0.29, 0.717) is 13.1 Å². The summed E-state index contributed by atoms with van der Waals surface area (Å²) >= 11 is 0. The van der Waals surface area contributed by atoms with Gasteiger partial charge in [0.05, 0.1) is 7.11 Å². The third kappa shape index (κ3) is 5.32. The zero-order chi connectivity index (χ0) is 19.2. The van der Waals surface area contributed by atoms with Gasteiger partial charge >= 0.3 is 6.03 Å². The van der Waals surface area contributed by atoms with E-state index < -0.39 is 0 Å². The van der Waals surface area contributed by atoms with Crippen molar-refractivity contribution in [1.82, 2.24) is 15.1 Å². The van der Waals surface area contributed by atoms with Crippen LogP contribution in [-0.4, -0.2) is 66.9 Å². The summed E-state index contributed by atoms with van der Waals surface area (Å²) in [4.78, 5) is 16.6. The summed E-state index contributed by atoms with van der Waals surface area (Å²) in [6.45, 7) is 4.00. The number of piperidine rings is 2. The Morgan fingerprint density at radius 3 is 2.74 bits per heavy atom. The smallest absolute Gasteiger partial charge is 0.317 e. The van der Waals surface area contributed by atoms with Crippen molar-refractivity contribution in [3.63, 3.8) is 0 Å². The molecule has 1 aromatic rings. The van der Waals surface area contributed by atoms with E-state index in [-0.39, 0.29) is 36.2 Å². The molecule has 0 spiro atoms. The molecule has 0 aliphatic carbocycles. The summed E-state index contributed by atoms with van der Waals surface area (Å²) in [6, 6.07) is 5.25. The zero-order valence-corrected chi connectivity index (χ0v) is 16.0. The number of carbonyl (C=O) groups is 1. The van der Waals surface area contributed by atoms with Crippen molar-refractivity contribution in [3.8, 4) is 5.75 Å². The molecule has 150 valence electrons. The van der Waals surface area contributed by atoms with Gasteiger partial charge in [-0.05, 0) is 49.3 Å². The first kappa shape index (κ1) is 19.9. The highest BCUT2D eigenvalue weighted by Gasteiger charge is 2.26. The molecule has 1 atom stereocenters. The van der Waals surface area contributed by atoms with Crippen molar-refractivity contribution in [3.05, 3.63) is 29.6 Å². The molecule has 2 aliphatic heterocycles. The minimum atomic E-state index is -0.333. The number of nitrogens with one attached hydrogen (secondary N) is 1. The molecule has 0 saturated carbocycles. The number of likely N-dealkylation sites (tertiary alicyclic amines) is 2. The van der Waals surface area contributed by atoms with E-state index in [1.54, 1.807) is 6.07 Å². The minimum Gasteiger partial charge on any atom is -0.494 e. The number of amides is 2. The average Bonchev–Trinajstić information content (AvgIpc) is 2.69. The van der Waals surface area contributed by atoms with Crippen LogP contribution in [0.2, 0.25) is 0 Å². The number of aliphatic hydroxyl groups is 1. The largest absolute Gasteiger partial charge is 0.494 e. The molecule has 1 aromatic carbocycles. The maximum Gasteiger partial charge on any atom is 0.317 e. The van der Waals surface area contributed by atoms with E-state index in [0.717, 1.165) is 50.9 Å². The Kier molecular flexibility index (Phi) is 6.90. The number of hydrogen-bond donors (Lipinski definition) is 2. The van der Waals surface area contributed by atoms with Crippen LogP contribution >= 0.6 is 0 Å². The Bertz CT molecular complexity index is 635. The monoisotopic (exact) mass is 379 g/mol. The van der Waals surface area contributed by atoms with Gasteiger partial charge in [0.15, 0.2) is 11.6 Å². The molecule has 1 unspecified atom stereocenters. The lowest BCUT2D eigenvalue weighted by Gasteiger charge is -2.36. The number of hydrogen-bond acceptors (Lipinski definition) is 4. The van der Waals surface area contributed by atoms with E-state index in [4.69, 9.17) is 4.74 Å². The van der Waals surface area contributed by atoms with Gasteiger partial charge in [-0.3, -0.25) is 4.90 Å². The molecule has 2 saturated heterocycles. The highest BCUT2D eigenvalue weighted by molar-refractivity contribution is 5.74. The van der Waals surface area contributed by atoms with Crippen LogP contribution in [0, 0.1) is 11.7 Å². The maximum atomic E-state index is 13.8. The van der Waals surface area contributed by atoms with Crippen LogP contribution in [-0.2, 0) is 6.54 Å². The molecular formula is C20H30FN3O3. The summed E-state index contributed by atoms with van der Waals surface area (Å²) in [5.41, 5.74) is 0.930. The second kappa shape index (κ2) is 9.37. The van der Waals surface area contributed by atoms with Crippen LogP contribution < -0.4 is 10.1 Å². The first-order valence-electron chi connectivity index (χ1n) is 9.80. The Balaban J connectivity index is 1.43. The van der Waals surface area contributed by atoms with Crippen LogP contribution in [0.25, 0.3) is 0 Å². The number of nitrogens with zero attached hydrogens (tertiary/aromatic N) is 2. The molecule has 2 aliphatic rings. The fourth-order valence-electron chi connectivity index (χ4n) is 3.97. The average molecular weight is 379 g/mol. The quantitative estimate of drug-likeness (QED) is 0.823. The first-order chi connectivity index (χ1) is 13.1. The first-order valence-corrected chi connectivity index (χ1v) is 9.80. The Hall–Kier alpha value is -1.86. The third-order valence-electron chi connectivity index (χ3n) is 5.60. The predicted octanol–water partition coefficient (Wildman–Crippen LogP) is 2.21. The number of urea groups is 1. The van der Waals surface area contributed by atoms with E-state index in [1.807, 2.05) is 11.0 Å². The van der Waals surface area contributed by atoms with Crippen molar-refractivity contribution >= 4 is 6.03 Å². The van der Waals surface area contributed by atoms with Crippen molar-refractivity contribution in [1.29, 1.82) is 0 Å². The lowest BCUT2D eigenvalue weighted by Crippen LogP contribution is -2.51. The topological polar surface area (TPSA) is 65.0 Å². The van der Waals surface area contributed by atoms with Gasteiger partial charge in [0, 0.05) is 45.4 Å². The van der Waals surface area contributed by atoms with Crippen LogP contribution in [0.1, 0.15) is 31.2 Å². The van der Waals surface area contributed by atoms with Crippen molar-refractivity contribution in [2.75, 3.05) is 39.9 Å². The SMILES string of the molecule is COc1ccc(CN2CCC(NC(=O)N3CCCC(CO)C3)CC2)cc1F.